The molecule has 0 bridgehead atoms. The Labute approximate surface area is 129 Å². The lowest BCUT2D eigenvalue weighted by Crippen LogP contribution is -2.29. The number of methoxy groups -OCH3 is 1. The van der Waals surface area contributed by atoms with Gasteiger partial charge >= 0.3 is 0 Å². The second kappa shape index (κ2) is 6.60. The van der Waals surface area contributed by atoms with Gasteiger partial charge in [0.25, 0.3) is 0 Å². The van der Waals surface area contributed by atoms with Crippen molar-refractivity contribution in [1.29, 1.82) is 0 Å². The number of thiophene rings is 1. The van der Waals surface area contributed by atoms with Gasteiger partial charge in [0, 0.05) is 12.6 Å². The maximum Gasteiger partial charge on any atom is 0.134 e. The van der Waals surface area contributed by atoms with Gasteiger partial charge in [0.1, 0.15) is 5.75 Å². The maximum atomic E-state index is 5.73. The molecule has 114 valence electrons. The number of nitrogens with two attached hydrogens (primary N) is 1. The van der Waals surface area contributed by atoms with Gasteiger partial charge in [-0.2, -0.15) is 5.10 Å². The lowest BCUT2D eigenvalue weighted by atomic mass is 10.1. The minimum atomic E-state index is 0.0341. The summed E-state index contributed by atoms with van der Waals surface area (Å²) in [5.74, 6) is 6.62. The van der Waals surface area contributed by atoms with Gasteiger partial charge in [-0.15, -0.1) is 11.3 Å². The van der Waals surface area contributed by atoms with Crippen LogP contribution in [0.5, 0.6) is 5.75 Å². The van der Waals surface area contributed by atoms with E-state index in [1.54, 1.807) is 18.4 Å². The van der Waals surface area contributed by atoms with Crippen molar-refractivity contribution in [1.82, 2.24) is 15.2 Å². The zero-order valence-corrected chi connectivity index (χ0v) is 13.1. The predicted molar refractivity (Wildman–Crippen MR) is 84.4 cm³/mol. The van der Waals surface area contributed by atoms with E-state index in [9.17, 15) is 0 Å². The number of ether oxygens (including phenoxy) is 1. The van der Waals surface area contributed by atoms with Crippen LogP contribution in [0.3, 0.4) is 0 Å². The number of hydrogen-bond donors (Lipinski definition) is 2. The quantitative estimate of drug-likeness (QED) is 0.636. The van der Waals surface area contributed by atoms with Gasteiger partial charge in [0.05, 0.1) is 29.8 Å². The molecule has 21 heavy (non-hydrogen) atoms. The van der Waals surface area contributed by atoms with Crippen molar-refractivity contribution in [2.75, 3.05) is 7.11 Å². The van der Waals surface area contributed by atoms with E-state index < -0.39 is 0 Å². The number of hydrazine groups is 1. The Morgan fingerprint density at radius 2 is 2.29 bits per heavy atom. The van der Waals surface area contributed by atoms with E-state index in [0.717, 1.165) is 22.7 Å². The summed E-state index contributed by atoms with van der Waals surface area (Å²) in [7, 11) is 1.69. The molecule has 1 aliphatic carbocycles. The van der Waals surface area contributed by atoms with E-state index in [2.05, 4.69) is 22.4 Å². The summed E-state index contributed by atoms with van der Waals surface area (Å²) in [5, 5.41) is 6.75. The highest BCUT2D eigenvalue weighted by Crippen LogP contribution is 2.33. The van der Waals surface area contributed by atoms with Crippen LogP contribution < -0.4 is 16.0 Å². The van der Waals surface area contributed by atoms with Crippen LogP contribution in [0.2, 0.25) is 0 Å². The lowest BCUT2D eigenvalue weighted by Gasteiger charge is -2.15. The smallest absolute Gasteiger partial charge is 0.134 e. The molecule has 0 spiro atoms. The van der Waals surface area contributed by atoms with Gasteiger partial charge in [-0.1, -0.05) is 12.8 Å². The molecule has 3 rings (SSSR count). The fourth-order valence-electron chi connectivity index (χ4n) is 3.03. The summed E-state index contributed by atoms with van der Waals surface area (Å²) < 4.78 is 7.51. The lowest BCUT2D eigenvalue weighted by molar-refractivity contribution is 0.402. The molecule has 2 aromatic heterocycles. The van der Waals surface area contributed by atoms with Crippen LogP contribution in [0, 0.1) is 0 Å². The standard InChI is InChI=1S/C15H22N4OS/c1-20-14-7-9-21-15(14)13(17-16)10-11-6-8-19(18-11)12-4-2-3-5-12/h6-9,12-13,17H,2-5,10,16H2,1H3. The molecule has 2 aromatic rings. The van der Waals surface area contributed by atoms with Crippen LogP contribution in [0.25, 0.3) is 0 Å². The van der Waals surface area contributed by atoms with Crippen LogP contribution >= 0.6 is 11.3 Å². The topological polar surface area (TPSA) is 65.1 Å². The predicted octanol–water partition coefficient (Wildman–Crippen LogP) is 2.82. The van der Waals surface area contributed by atoms with Gasteiger partial charge in [-0.05, 0) is 30.4 Å². The molecule has 1 saturated carbocycles. The summed E-state index contributed by atoms with van der Waals surface area (Å²) in [6.07, 6.45) is 8.01. The minimum Gasteiger partial charge on any atom is -0.496 e. The second-order valence-corrected chi connectivity index (χ2v) is 6.45. The molecule has 1 fully saturated rings. The summed E-state index contributed by atoms with van der Waals surface area (Å²) >= 11 is 1.66. The first-order valence-electron chi connectivity index (χ1n) is 7.43. The molecule has 1 atom stereocenters. The van der Waals surface area contributed by atoms with Crippen molar-refractivity contribution in [3.8, 4) is 5.75 Å². The Bertz CT molecular complexity index is 574. The zero-order valence-electron chi connectivity index (χ0n) is 12.3. The molecule has 0 saturated heterocycles. The van der Waals surface area contributed by atoms with Crippen LogP contribution in [-0.4, -0.2) is 16.9 Å². The summed E-state index contributed by atoms with van der Waals surface area (Å²) in [5.41, 5.74) is 3.96. The first kappa shape index (κ1) is 14.6. The molecular weight excluding hydrogens is 284 g/mol. The molecule has 1 unspecified atom stereocenters. The average Bonchev–Trinajstić information content (AvgIpc) is 3.23. The normalized spacial score (nSPS) is 17.2. The number of rotatable bonds is 6. The SMILES string of the molecule is COc1ccsc1C(Cc1ccn(C2CCCC2)n1)NN. The third kappa shape index (κ3) is 3.12. The fraction of sp³-hybridized carbons (Fsp3) is 0.533. The van der Waals surface area contributed by atoms with E-state index in [0.29, 0.717) is 6.04 Å². The zero-order chi connectivity index (χ0) is 14.7. The molecule has 0 amide bonds. The van der Waals surface area contributed by atoms with E-state index in [1.807, 2.05) is 11.4 Å². The van der Waals surface area contributed by atoms with Gasteiger partial charge in [0.15, 0.2) is 0 Å². The van der Waals surface area contributed by atoms with Gasteiger partial charge in [0.2, 0.25) is 0 Å². The molecule has 0 aromatic carbocycles. The summed E-state index contributed by atoms with van der Waals surface area (Å²) in [4.78, 5) is 1.12. The van der Waals surface area contributed by atoms with E-state index in [1.165, 1.54) is 25.7 Å². The molecule has 3 N–H and O–H groups in total. The highest BCUT2D eigenvalue weighted by molar-refractivity contribution is 7.10. The van der Waals surface area contributed by atoms with Crippen LogP contribution in [-0.2, 0) is 6.42 Å². The fourth-order valence-corrected chi connectivity index (χ4v) is 3.95. The highest BCUT2D eigenvalue weighted by atomic mass is 32.1. The molecule has 0 aliphatic heterocycles. The second-order valence-electron chi connectivity index (χ2n) is 5.50. The number of nitrogens with one attached hydrogen (secondary N) is 1. The largest absolute Gasteiger partial charge is 0.496 e. The van der Waals surface area contributed by atoms with Crippen molar-refractivity contribution in [3.63, 3.8) is 0 Å². The Balaban J connectivity index is 1.72. The van der Waals surface area contributed by atoms with E-state index in [-0.39, 0.29) is 6.04 Å². The summed E-state index contributed by atoms with van der Waals surface area (Å²) in [6.45, 7) is 0. The van der Waals surface area contributed by atoms with Crippen molar-refractivity contribution in [3.05, 3.63) is 34.3 Å². The third-order valence-corrected chi connectivity index (χ3v) is 5.18. The van der Waals surface area contributed by atoms with Gasteiger partial charge in [-0.25, -0.2) is 0 Å². The van der Waals surface area contributed by atoms with Crippen molar-refractivity contribution >= 4 is 11.3 Å². The number of hydrogen-bond acceptors (Lipinski definition) is 5. The summed E-state index contributed by atoms with van der Waals surface area (Å²) in [6, 6.07) is 4.69. The first-order valence-corrected chi connectivity index (χ1v) is 8.31. The highest BCUT2D eigenvalue weighted by Gasteiger charge is 2.20. The molecule has 2 heterocycles. The Hall–Kier alpha value is -1.37. The van der Waals surface area contributed by atoms with Crippen LogP contribution in [0.4, 0.5) is 0 Å². The molecular formula is C15H22N4OS. The molecule has 0 radical (unpaired) electrons. The Kier molecular flexibility index (Phi) is 4.57. The van der Waals surface area contributed by atoms with Crippen molar-refractivity contribution < 1.29 is 4.74 Å². The molecule has 5 nitrogen and oxygen atoms in total. The third-order valence-electron chi connectivity index (χ3n) is 4.17. The Morgan fingerprint density at radius 1 is 1.48 bits per heavy atom. The van der Waals surface area contributed by atoms with Crippen LogP contribution in [0.15, 0.2) is 23.7 Å². The number of nitrogens with zero attached hydrogens (tertiary/aromatic N) is 2. The number of aromatic nitrogens is 2. The van der Waals surface area contributed by atoms with Crippen LogP contribution in [0.1, 0.15) is 48.3 Å². The minimum absolute atomic E-state index is 0.0341. The first-order chi connectivity index (χ1) is 10.3. The average molecular weight is 306 g/mol. The van der Waals surface area contributed by atoms with Gasteiger partial charge in [-0.3, -0.25) is 16.0 Å². The molecule has 6 heteroatoms. The maximum absolute atomic E-state index is 5.73. The van der Waals surface area contributed by atoms with Crippen molar-refractivity contribution in [2.24, 2.45) is 5.84 Å². The van der Waals surface area contributed by atoms with E-state index in [4.69, 9.17) is 15.7 Å². The monoisotopic (exact) mass is 306 g/mol. The molecule has 1 aliphatic rings. The van der Waals surface area contributed by atoms with Gasteiger partial charge < -0.3 is 4.74 Å². The Morgan fingerprint density at radius 3 is 3.00 bits per heavy atom. The van der Waals surface area contributed by atoms with Crippen molar-refractivity contribution in [2.45, 2.75) is 44.2 Å². The van der Waals surface area contributed by atoms with E-state index >= 15 is 0 Å².